The molecule has 1 N–H and O–H groups in total. The molecule has 0 aliphatic carbocycles. The molecule has 0 fully saturated rings. The van der Waals surface area contributed by atoms with Crippen LogP contribution in [0.25, 0.3) is 0 Å². The second-order valence-electron chi connectivity index (χ2n) is 6.46. The average molecular weight is 383 g/mol. The van der Waals surface area contributed by atoms with Crippen LogP contribution in [0, 0.1) is 0 Å². The van der Waals surface area contributed by atoms with Gasteiger partial charge in [-0.2, -0.15) is 13.2 Å². The fourth-order valence-corrected chi connectivity index (χ4v) is 3.23. The Hall–Kier alpha value is -3.35. The molecule has 4 nitrogen and oxygen atoms in total. The molecule has 2 heterocycles. The van der Waals surface area contributed by atoms with Gasteiger partial charge in [-0.3, -0.25) is 4.79 Å². The summed E-state index contributed by atoms with van der Waals surface area (Å²) in [6, 6.07) is 15.8. The Morgan fingerprint density at radius 2 is 1.75 bits per heavy atom. The van der Waals surface area contributed by atoms with Crippen LogP contribution in [0.1, 0.15) is 21.5 Å². The summed E-state index contributed by atoms with van der Waals surface area (Å²) < 4.78 is 37.8. The molecule has 0 spiro atoms. The lowest BCUT2D eigenvalue weighted by Crippen LogP contribution is -2.15. The van der Waals surface area contributed by atoms with Gasteiger partial charge in [0.2, 0.25) is 0 Å². The lowest BCUT2D eigenvalue weighted by Gasteiger charge is -2.19. The van der Waals surface area contributed by atoms with Gasteiger partial charge in [0, 0.05) is 17.8 Å². The predicted molar refractivity (Wildman–Crippen MR) is 101 cm³/mol. The number of hydrogen-bond acceptors (Lipinski definition) is 3. The van der Waals surface area contributed by atoms with E-state index in [9.17, 15) is 18.0 Å². The van der Waals surface area contributed by atoms with Crippen molar-refractivity contribution in [1.82, 2.24) is 4.98 Å². The highest BCUT2D eigenvalue weighted by atomic mass is 19.4. The molecule has 142 valence electrons. The molecule has 0 atom stereocenters. The van der Waals surface area contributed by atoms with E-state index in [1.807, 2.05) is 18.2 Å². The van der Waals surface area contributed by atoms with Crippen LogP contribution in [0.5, 0.6) is 0 Å². The number of fused-ring (bicyclic) bond motifs is 1. The Morgan fingerprint density at radius 3 is 2.43 bits per heavy atom. The molecule has 1 amide bonds. The quantitative estimate of drug-likeness (QED) is 0.689. The molecular formula is C21H16F3N3O. The van der Waals surface area contributed by atoms with E-state index in [1.54, 1.807) is 12.3 Å². The minimum absolute atomic E-state index is 0.132. The van der Waals surface area contributed by atoms with Gasteiger partial charge in [0.15, 0.2) is 0 Å². The number of rotatable bonds is 3. The van der Waals surface area contributed by atoms with Crippen molar-refractivity contribution in [3.63, 3.8) is 0 Å². The first-order chi connectivity index (χ1) is 13.4. The van der Waals surface area contributed by atoms with Crippen molar-refractivity contribution in [2.24, 2.45) is 0 Å². The Balaban J connectivity index is 1.46. The molecule has 0 radical (unpaired) electrons. The molecule has 0 unspecified atom stereocenters. The van der Waals surface area contributed by atoms with Crippen LogP contribution >= 0.6 is 0 Å². The number of aromatic nitrogens is 1. The number of hydrogen-bond donors (Lipinski definition) is 1. The second-order valence-corrected chi connectivity index (χ2v) is 6.46. The topological polar surface area (TPSA) is 45.2 Å². The number of halogens is 3. The van der Waals surface area contributed by atoms with Crippen LogP contribution in [0.15, 0.2) is 66.9 Å². The first-order valence-corrected chi connectivity index (χ1v) is 8.72. The Bertz CT molecular complexity index is 999. The molecule has 7 heteroatoms. The molecule has 1 aliphatic rings. The molecule has 0 bridgehead atoms. The minimum Gasteiger partial charge on any atom is -0.340 e. The zero-order valence-electron chi connectivity index (χ0n) is 14.7. The third-order valence-electron chi connectivity index (χ3n) is 4.66. The fraction of sp³-hybridized carbons (Fsp3) is 0.143. The summed E-state index contributed by atoms with van der Waals surface area (Å²) in [6.45, 7) is 0.859. The summed E-state index contributed by atoms with van der Waals surface area (Å²) in [5.41, 5.74) is 2.68. The number of pyridine rings is 1. The van der Waals surface area contributed by atoms with Crippen LogP contribution in [-0.2, 0) is 12.6 Å². The second kappa shape index (κ2) is 6.99. The summed E-state index contributed by atoms with van der Waals surface area (Å²) in [5, 5.41) is 2.60. The molecule has 1 aromatic heterocycles. The third kappa shape index (κ3) is 3.55. The van der Waals surface area contributed by atoms with E-state index in [4.69, 9.17) is 0 Å². The van der Waals surface area contributed by atoms with Crippen LogP contribution in [0.3, 0.4) is 0 Å². The number of para-hydroxylation sites is 1. The molecule has 4 rings (SSSR count). The smallest absolute Gasteiger partial charge is 0.340 e. The lowest BCUT2D eigenvalue weighted by molar-refractivity contribution is -0.137. The van der Waals surface area contributed by atoms with E-state index in [1.165, 1.54) is 5.56 Å². The molecule has 0 saturated heterocycles. The van der Waals surface area contributed by atoms with Gasteiger partial charge in [-0.25, -0.2) is 4.98 Å². The molecule has 2 aromatic carbocycles. The summed E-state index contributed by atoms with van der Waals surface area (Å²) >= 11 is 0. The van der Waals surface area contributed by atoms with Crippen molar-refractivity contribution in [3.05, 3.63) is 83.6 Å². The lowest BCUT2D eigenvalue weighted by atomic mass is 10.1. The first kappa shape index (κ1) is 18.0. The summed E-state index contributed by atoms with van der Waals surface area (Å²) in [7, 11) is 0. The van der Waals surface area contributed by atoms with Gasteiger partial charge < -0.3 is 10.2 Å². The number of carbonyl (C=O) groups excluding carboxylic acids is 1. The van der Waals surface area contributed by atoms with Gasteiger partial charge in [-0.1, -0.05) is 18.2 Å². The standard InChI is InChI=1S/C21H16F3N3O/c22-21(23,24)16-7-5-15(6-8-16)20(28)26-19-10-9-17(13-25-19)27-12-11-14-3-1-2-4-18(14)27/h1-10,13H,11-12H2,(H,25,26,28). The van der Waals surface area contributed by atoms with Gasteiger partial charge in [-0.05, 0) is 54.4 Å². The zero-order valence-corrected chi connectivity index (χ0v) is 14.7. The third-order valence-corrected chi connectivity index (χ3v) is 4.66. The normalized spacial score (nSPS) is 13.3. The van der Waals surface area contributed by atoms with Gasteiger partial charge in [-0.15, -0.1) is 0 Å². The van der Waals surface area contributed by atoms with Crippen molar-refractivity contribution in [1.29, 1.82) is 0 Å². The number of nitrogens with one attached hydrogen (secondary N) is 1. The maximum atomic E-state index is 12.6. The van der Waals surface area contributed by atoms with E-state index in [2.05, 4.69) is 27.3 Å². The predicted octanol–water partition coefficient (Wildman–Crippen LogP) is 5.05. The number of anilines is 3. The molecule has 1 aliphatic heterocycles. The van der Waals surface area contributed by atoms with Gasteiger partial charge >= 0.3 is 6.18 Å². The Morgan fingerprint density at radius 1 is 1.00 bits per heavy atom. The number of nitrogens with zero attached hydrogens (tertiary/aromatic N) is 2. The van der Waals surface area contributed by atoms with Crippen molar-refractivity contribution in [2.75, 3.05) is 16.8 Å². The van der Waals surface area contributed by atoms with Crippen LogP contribution < -0.4 is 10.2 Å². The highest BCUT2D eigenvalue weighted by Gasteiger charge is 2.30. The number of benzene rings is 2. The van der Waals surface area contributed by atoms with Gasteiger partial charge in [0.25, 0.3) is 5.91 Å². The Kier molecular flexibility index (Phi) is 4.50. The number of carbonyl (C=O) groups is 1. The summed E-state index contributed by atoms with van der Waals surface area (Å²) in [6.07, 6.45) is -1.80. The van der Waals surface area contributed by atoms with E-state index in [-0.39, 0.29) is 5.56 Å². The Labute approximate surface area is 159 Å². The first-order valence-electron chi connectivity index (χ1n) is 8.72. The summed E-state index contributed by atoms with van der Waals surface area (Å²) in [4.78, 5) is 18.7. The number of alkyl halides is 3. The van der Waals surface area contributed by atoms with E-state index in [0.29, 0.717) is 5.82 Å². The summed E-state index contributed by atoms with van der Waals surface area (Å²) in [5.74, 6) is -0.179. The van der Waals surface area contributed by atoms with Gasteiger partial charge in [0.1, 0.15) is 5.82 Å². The van der Waals surface area contributed by atoms with Crippen molar-refractivity contribution >= 4 is 23.1 Å². The number of amides is 1. The van der Waals surface area contributed by atoms with Crippen molar-refractivity contribution in [3.8, 4) is 0 Å². The molecule has 0 saturated carbocycles. The van der Waals surface area contributed by atoms with Crippen LogP contribution in [0.2, 0.25) is 0 Å². The maximum absolute atomic E-state index is 12.6. The van der Waals surface area contributed by atoms with E-state index >= 15 is 0 Å². The zero-order chi connectivity index (χ0) is 19.7. The largest absolute Gasteiger partial charge is 0.416 e. The van der Waals surface area contributed by atoms with E-state index in [0.717, 1.165) is 48.6 Å². The van der Waals surface area contributed by atoms with Crippen molar-refractivity contribution < 1.29 is 18.0 Å². The molecular weight excluding hydrogens is 367 g/mol. The fourth-order valence-electron chi connectivity index (χ4n) is 3.23. The average Bonchev–Trinajstić information content (AvgIpc) is 3.12. The van der Waals surface area contributed by atoms with Crippen LogP contribution in [-0.4, -0.2) is 17.4 Å². The highest BCUT2D eigenvalue weighted by Crippen LogP contribution is 2.34. The monoisotopic (exact) mass is 383 g/mol. The van der Waals surface area contributed by atoms with Crippen LogP contribution in [0.4, 0.5) is 30.4 Å². The van der Waals surface area contributed by atoms with Crippen molar-refractivity contribution in [2.45, 2.75) is 12.6 Å². The minimum atomic E-state index is -4.43. The highest BCUT2D eigenvalue weighted by molar-refractivity contribution is 6.03. The molecule has 3 aromatic rings. The van der Waals surface area contributed by atoms with E-state index < -0.39 is 17.6 Å². The van der Waals surface area contributed by atoms with Gasteiger partial charge in [0.05, 0.1) is 17.4 Å². The maximum Gasteiger partial charge on any atom is 0.416 e. The molecule has 28 heavy (non-hydrogen) atoms. The SMILES string of the molecule is O=C(Nc1ccc(N2CCc3ccccc32)cn1)c1ccc(C(F)(F)F)cc1.